The van der Waals surface area contributed by atoms with E-state index in [-0.39, 0.29) is 24.2 Å². The molecule has 24 heavy (non-hydrogen) atoms. The summed E-state index contributed by atoms with van der Waals surface area (Å²) in [6, 6.07) is 1.94. The van der Waals surface area contributed by atoms with Gasteiger partial charge in [0.25, 0.3) is 5.91 Å². The highest BCUT2D eigenvalue weighted by atomic mass is 32.2. The minimum absolute atomic E-state index is 0.0584. The van der Waals surface area contributed by atoms with E-state index < -0.39 is 21.0 Å². The molecule has 9 heteroatoms. The molecule has 1 aliphatic heterocycles. The summed E-state index contributed by atoms with van der Waals surface area (Å²) in [6.07, 6.45) is 2.01. The zero-order valence-corrected chi connectivity index (χ0v) is 14.7. The van der Waals surface area contributed by atoms with Crippen LogP contribution in [0.3, 0.4) is 0 Å². The quantitative estimate of drug-likeness (QED) is 0.798. The van der Waals surface area contributed by atoms with Gasteiger partial charge in [-0.2, -0.15) is 5.10 Å². The van der Waals surface area contributed by atoms with Crippen molar-refractivity contribution in [1.29, 1.82) is 0 Å². The molecular formula is C15H22N4O4S. The first-order chi connectivity index (χ1) is 11.3. The van der Waals surface area contributed by atoms with Crippen LogP contribution < -0.4 is 5.32 Å². The van der Waals surface area contributed by atoms with E-state index in [1.165, 1.54) is 18.7 Å². The number of carbonyl (C=O) groups excluding carboxylic acids is 2. The summed E-state index contributed by atoms with van der Waals surface area (Å²) >= 11 is 0. The van der Waals surface area contributed by atoms with Gasteiger partial charge in [0.2, 0.25) is 5.91 Å². The molecule has 8 nitrogen and oxygen atoms in total. The first-order valence-corrected chi connectivity index (χ1v) is 9.91. The first kappa shape index (κ1) is 16.9. The predicted octanol–water partition coefficient (Wildman–Crippen LogP) is -0.0593. The lowest BCUT2D eigenvalue weighted by atomic mass is 10.2. The van der Waals surface area contributed by atoms with Gasteiger partial charge < -0.3 is 10.2 Å². The summed E-state index contributed by atoms with van der Waals surface area (Å²) in [6.45, 7) is 4.08. The fourth-order valence-corrected chi connectivity index (χ4v) is 3.67. The van der Waals surface area contributed by atoms with Crippen LogP contribution in [0.1, 0.15) is 42.9 Å². The Morgan fingerprint density at radius 3 is 2.71 bits per heavy atom. The number of nitrogens with zero attached hydrogens (tertiary/aromatic N) is 3. The van der Waals surface area contributed by atoms with Crippen molar-refractivity contribution in [3.8, 4) is 0 Å². The van der Waals surface area contributed by atoms with Gasteiger partial charge in [-0.1, -0.05) is 6.92 Å². The van der Waals surface area contributed by atoms with Crippen LogP contribution >= 0.6 is 0 Å². The van der Waals surface area contributed by atoms with Crippen LogP contribution in [-0.2, 0) is 27.7 Å². The van der Waals surface area contributed by atoms with Crippen LogP contribution in [0.5, 0.6) is 0 Å². The molecule has 1 aliphatic carbocycles. The van der Waals surface area contributed by atoms with Crippen LogP contribution in [0.4, 0.5) is 0 Å². The fourth-order valence-electron chi connectivity index (χ4n) is 2.71. The summed E-state index contributed by atoms with van der Waals surface area (Å²) in [7, 11) is -3.42. The second-order valence-electron chi connectivity index (χ2n) is 6.35. The fraction of sp³-hybridized carbons (Fsp3) is 0.667. The number of hydrogen-bond acceptors (Lipinski definition) is 5. The molecule has 1 aromatic rings. The molecule has 0 aromatic carbocycles. The number of amides is 2. The molecule has 132 valence electrons. The van der Waals surface area contributed by atoms with E-state index in [1.807, 2.05) is 0 Å². The number of carbonyl (C=O) groups is 2. The number of hydrogen-bond donors (Lipinski definition) is 1. The lowest BCUT2D eigenvalue weighted by Gasteiger charge is -2.29. The van der Waals surface area contributed by atoms with Gasteiger partial charge in [0.05, 0.1) is 18.8 Å². The molecular weight excluding hydrogens is 332 g/mol. The topological polar surface area (TPSA) is 101 Å². The van der Waals surface area contributed by atoms with Gasteiger partial charge in [-0.05, 0) is 25.8 Å². The summed E-state index contributed by atoms with van der Waals surface area (Å²) in [5.74, 6) is -0.649. The van der Waals surface area contributed by atoms with E-state index in [0.717, 1.165) is 18.5 Å². The Morgan fingerprint density at radius 1 is 1.38 bits per heavy atom. The van der Waals surface area contributed by atoms with Crippen molar-refractivity contribution in [2.24, 2.45) is 0 Å². The Bertz CT molecular complexity index is 766. The predicted molar refractivity (Wildman–Crippen MR) is 87.1 cm³/mol. The molecule has 1 aromatic heterocycles. The molecule has 2 amide bonds. The lowest BCUT2D eigenvalue weighted by Crippen LogP contribution is -2.45. The first-order valence-electron chi connectivity index (χ1n) is 8.19. The van der Waals surface area contributed by atoms with E-state index in [2.05, 4.69) is 10.4 Å². The zero-order valence-electron chi connectivity index (χ0n) is 13.9. The largest absolute Gasteiger partial charge is 0.348 e. The molecule has 1 saturated carbocycles. The van der Waals surface area contributed by atoms with Crippen LogP contribution in [0.15, 0.2) is 6.07 Å². The third-order valence-electron chi connectivity index (χ3n) is 4.54. The highest BCUT2D eigenvalue weighted by molar-refractivity contribution is 7.92. The summed E-state index contributed by atoms with van der Waals surface area (Å²) in [4.78, 5) is 26.0. The Morgan fingerprint density at radius 2 is 2.08 bits per heavy atom. The highest BCUT2D eigenvalue weighted by Gasteiger charge is 2.33. The molecule has 1 atom stereocenters. The van der Waals surface area contributed by atoms with E-state index >= 15 is 0 Å². The summed E-state index contributed by atoms with van der Waals surface area (Å²) < 4.78 is 25.5. The Hall–Kier alpha value is -1.90. The minimum atomic E-state index is -3.42. The second-order valence-corrected chi connectivity index (χ2v) is 8.96. The van der Waals surface area contributed by atoms with Crippen LogP contribution in [0.25, 0.3) is 0 Å². The average Bonchev–Trinajstić information content (AvgIpc) is 3.27. The van der Waals surface area contributed by atoms with Crippen molar-refractivity contribution in [3.63, 3.8) is 0 Å². The maximum atomic E-state index is 12.4. The number of aromatic nitrogens is 2. The van der Waals surface area contributed by atoms with E-state index in [4.69, 9.17) is 0 Å². The van der Waals surface area contributed by atoms with Crippen molar-refractivity contribution in [2.45, 2.75) is 51.1 Å². The van der Waals surface area contributed by atoms with Gasteiger partial charge >= 0.3 is 0 Å². The number of fused-ring (bicyclic) bond motifs is 1. The Kier molecular flexibility index (Phi) is 4.37. The van der Waals surface area contributed by atoms with E-state index in [0.29, 0.717) is 18.8 Å². The van der Waals surface area contributed by atoms with Crippen molar-refractivity contribution < 1.29 is 18.0 Å². The third-order valence-corrected chi connectivity index (χ3v) is 6.63. The zero-order chi connectivity index (χ0) is 17.5. The molecule has 1 unspecified atom stereocenters. The number of nitrogens with one attached hydrogen (secondary N) is 1. The standard InChI is InChI=1S/C15H22N4O4S/c1-3-24(22,23)10(2)15(21)18-6-7-19-12(9-18)8-13(17-19)14(20)16-11-4-5-11/h8,10-11H,3-7,9H2,1-2H3,(H,16,20). The highest BCUT2D eigenvalue weighted by Crippen LogP contribution is 2.20. The monoisotopic (exact) mass is 354 g/mol. The normalized spacial score (nSPS) is 18.8. The lowest BCUT2D eigenvalue weighted by molar-refractivity contribution is -0.131. The van der Waals surface area contributed by atoms with Gasteiger partial charge in [0.15, 0.2) is 15.5 Å². The Balaban J connectivity index is 1.71. The van der Waals surface area contributed by atoms with Gasteiger partial charge in [-0.3, -0.25) is 14.3 Å². The SMILES string of the molecule is CCS(=O)(=O)C(C)C(=O)N1CCn2nc(C(=O)NC3CC3)cc2C1. The molecule has 0 saturated heterocycles. The van der Waals surface area contributed by atoms with E-state index in [9.17, 15) is 18.0 Å². The molecule has 1 N–H and O–H groups in total. The van der Waals surface area contributed by atoms with Crippen molar-refractivity contribution in [3.05, 3.63) is 17.5 Å². The van der Waals surface area contributed by atoms with Gasteiger partial charge in [0.1, 0.15) is 5.25 Å². The van der Waals surface area contributed by atoms with Crippen LogP contribution in [0, 0.1) is 0 Å². The maximum absolute atomic E-state index is 12.4. The van der Waals surface area contributed by atoms with Crippen LogP contribution in [-0.4, -0.2) is 58.5 Å². The number of rotatable bonds is 5. The molecule has 3 rings (SSSR count). The maximum Gasteiger partial charge on any atom is 0.272 e. The minimum Gasteiger partial charge on any atom is -0.348 e. The smallest absolute Gasteiger partial charge is 0.272 e. The van der Waals surface area contributed by atoms with Gasteiger partial charge in [0, 0.05) is 18.3 Å². The van der Waals surface area contributed by atoms with Crippen molar-refractivity contribution >= 4 is 21.7 Å². The molecule has 0 bridgehead atoms. The second kappa shape index (κ2) is 6.19. The van der Waals surface area contributed by atoms with Crippen molar-refractivity contribution in [1.82, 2.24) is 20.0 Å². The van der Waals surface area contributed by atoms with E-state index in [1.54, 1.807) is 10.7 Å². The summed E-state index contributed by atoms with van der Waals surface area (Å²) in [5.41, 5.74) is 1.09. The molecule has 0 radical (unpaired) electrons. The molecule has 2 heterocycles. The summed E-state index contributed by atoms with van der Waals surface area (Å²) in [5, 5.41) is 6.12. The number of sulfone groups is 1. The average molecular weight is 354 g/mol. The Labute approximate surface area is 141 Å². The van der Waals surface area contributed by atoms with Crippen LogP contribution in [0.2, 0.25) is 0 Å². The van der Waals surface area contributed by atoms with Crippen molar-refractivity contribution in [2.75, 3.05) is 12.3 Å². The molecule has 1 fully saturated rings. The molecule has 2 aliphatic rings. The third kappa shape index (κ3) is 3.31. The van der Waals surface area contributed by atoms with Gasteiger partial charge in [-0.15, -0.1) is 0 Å². The molecule has 0 spiro atoms. The van der Waals surface area contributed by atoms with Gasteiger partial charge in [-0.25, -0.2) is 8.42 Å².